The Balaban J connectivity index is 1.76. The Kier molecular flexibility index (Phi) is 8.48. The van der Waals surface area contributed by atoms with Gasteiger partial charge in [0, 0.05) is 10.5 Å². The van der Waals surface area contributed by atoms with E-state index in [0.29, 0.717) is 6.42 Å². The molecule has 0 aromatic heterocycles. The van der Waals surface area contributed by atoms with Crippen molar-refractivity contribution < 1.29 is 13.2 Å². The number of benzene rings is 2. The van der Waals surface area contributed by atoms with Crippen molar-refractivity contribution in [2.24, 2.45) is 0 Å². The normalized spacial score (nSPS) is 17.0. The van der Waals surface area contributed by atoms with Crippen molar-refractivity contribution in [1.29, 1.82) is 0 Å². The predicted molar refractivity (Wildman–Crippen MR) is 123 cm³/mol. The minimum atomic E-state index is -3.83. The van der Waals surface area contributed by atoms with E-state index in [-0.39, 0.29) is 16.8 Å². The van der Waals surface area contributed by atoms with Gasteiger partial charge in [-0.1, -0.05) is 78.4 Å². The highest BCUT2D eigenvalue weighted by atomic mass is 79.9. The number of nitrogens with one attached hydrogen (secondary N) is 2. The number of carbonyl (C=O) groups is 1. The number of hydrogen-bond donors (Lipinski definition) is 2. The van der Waals surface area contributed by atoms with Crippen molar-refractivity contribution in [2.75, 3.05) is 0 Å². The summed E-state index contributed by atoms with van der Waals surface area (Å²) in [6.07, 6.45) is 8.02. The lowest BCUT2D eigenvalue weighted by Gasteiger charge is -2.25. The van der Waals surface area contributed by atoms with Crippen LogP contribution in [0.15, 0.2) is 64.0 Å². The summed E-state index contributed by atoms with van der Waals surface area (Å²) in [5, 5.41) is 3.12. The van der Waals surface area contributed by atoms with Crippen molar-refractivity contribution in [3.63, 3.8) is 0 Å². The van der Waals surface area contributed by atoms with Crippen molar-refractivity contribution in [1.82, 2.24) is 10.0 Å². The molecule has 0 bridgehead atoms. The topological polar surface area (TPSA) is 75.3 Å². The minimum absolute atomic E-state index is 0.105. The number of carbonyl (C=O) groups excluding carboxylic acids is 1. The molecular weight excluding hydrogens is 464 g/mol. The smallest absolute Gasteiger partial charge is 0.241 e. The van der Waals surface area contributed by atoms with E-state index in [2.05, 4.69) is 26.0 Å². The fraction of sp³-hybridized carbons (Fsp3) is 0.435. The van der Waals surface area contributed by atoms with Gasteiger partial charge in [-0.2, -0.15) is 4.72 Å². The van der Waals surface area contributed by atoms with Gasteiger partial charge in [-0.25, -0.2) is 8.42 Å². The first-order valence-corrected chi connectivity index (χ1v) is 12.8. The number of rotatable bonds is 7. The van der Waals surface area contributed by atoms with Gasteiger partial charge in [-0.15, -0.1) is 0 Å². The number of halogens is 1. The lowest BCUT2D eigenvalue weighted by atomic mass is 9.96. The van der Waals surface area contributed by atoms with Gasteiger partial charge in [0.05, 0.1) is 4.90 Å². The van der Waals surface area contributed by atoms with Crippen LogP contribution < -0.4 is 10.0 Å². The molecule has 0 heterocycles. The summed E-state index contributed by atoms with van der Waals surface area (Å²) in [6.45, 7) is 0. The van der Waals surface area contributed by atoms with Crippen LogP contribution in [-0.2, 0) is 21.2 Å². The fourth-order valence-electron chi connectivity index (χ4n) is 3.81. The monoisotopic (exact) mass is 492 g/mol. The van der Waals surface area contributed by atoms with Gasteiger partial charge in [0.25, 0.3) is 0 Å². The molecule has 1 atom stereocenters. The van der Waals surface area contributed by atoms with Crippen LogP contribution in [0.3, 0.4) is 0 Å². The van der Waals surface area contributed by atoms with Crippen molar-refractivity contribution in [3.05, 3.63) is 64.6 Å². The van der Waals surface area contributed by atoms with Gasteiger partial charge < -0.3 is 5.32 Å². The number of hydrogen-bond acceptors (Lipinski definition) is 3. The summed E-state index contributed by atoms with van der Waals surface area (Å²) in [4.78, 5) is 13.3. The summed E-state index contributed by atoms with van der Waals surface area (Å²) < 4.78 is 29.3. The average molecular weight is 493 g/mol. The molecule has 2 aromatic rings. The zero-order chi connectivity index (χ0) is 21.4. The highest BCUT2D eigenvalue weighted by molar-refractivity contribution is 9.10. The third-order valence-electron chi connectivity index (χ3n) is 5.47. The standard InChI is InChI=1S/C23H29BrN2O3S/c24-19-13-15-21(16-14-19)30(28,29)26-22(17-18-9-5-4-6-10-18)23(27)25-20-11-7-2-1-3-8-12-20/h4-6,9-10,13-16,20,22,26H,1-3,7-8,11-12,17H2,(H,25,27)/t22-/m0/s1. The second-order valence-corrected chi connectivity index (χ2v) is 10.5. The first-order chi connectivity index (χ1) is 14.4. The Bertz CT molecular complexity index is 909. The third kappa shape index (κ3) is 6.93. The number of sulfonamides is 1. The molecule has 30 heavy (non-hydrogen) atoms. The van der Waals surface area contributed by atoms with Gasteiger partial charge in [0.1, 0.15) is 6.04 Å². The number of amides is 1. The van der Waals surface area contributed by atoms with Crippen LogP contribution in [0, 0.1) is 0 Å². The molecule has 1 amide bonds. The second-order valence-electron chi connectivity index (χ2n) is 7.87. The molecule has 0 saturated heterocycles. The molecule has 1 aliphatic carbocycles. The Morgan fingerprint density at radius 3 is 2.17 bits per heavy atom. The summed E-state index contributed by atoms with van der Waals surface area (Å²) in [5.41, 5.74) is 0.911. The lowest BCUT2D eigenvalue weighted by molar-refractivity contribution is -0.123. The summed E-state index contributed by atoms with van der Waals surface area (Å²) in [6, 6.07) is 15.1. The molecule has 3 rings (SSSR count). The van der Waals surface area contributed by atoms with Crippen LogP contribution in [0.5, 0.6) is 0 Å². The van der Waals surface area contributed by atoms with Crippen LogP contribution >= 0.6 is 15.9 Å². The zero-order valence-corrected chi connectivity index (χ0v) is 19.4. The maximum absolute atomic E-state index is 13.1. The highest BCUT2D eigenvalue weighted by Crippen LogP contribution is 2.18. The summed E-state index contributed by atoms with van der Waals surface area (Å²) in [5.74, 6) is -0.259. The van der Waals surface area contributed by atoms with E-state index < -0.39 is 16.1 Å². The van der Waals surface area contributed by atoms with E-state index >= 15 is 0 Å². The van der Waals surface area contributed by atoms with Crippen LogP contribution in [-0.4, -0.2) is 26.4 Å². The molecule has 0 aliphatic heterocycles. The molecule has 2 aromatic carbocycles. The first kappa shape index (κ1) is 23.0. The van der Waals surface area contributed by atoms with E-state index in [4.69, 9.17) is 0 Å². The maximum Gasteiger partial charge on any atom is 0.241 e. The van der Waals surface area contributed by atoms with Crippen LogP contribution in [0.25, 0.3) is 0 Å². The summed E-state index contributed by atoms with van der Waals surface area (Å²) in [7, 11) is -3.83. The lowest BCUT2D eigenvalue weighted by Crippen LogP contribution is -2.50. The van der Waals surface area contributed by atoms with Gasteiger partial charge >= 0.3 is 0 Å². The fourth-order valence-corrected chi connectivity index (χ4v) is 5.27. The molecule has 0 spiro atoms. The van der Waals surface area contributed by atoms with Crippen LogP contribution in [0.4, 0.5) is 0 Å². The molecule has 162 valence electrons. The van der Waals surface area contributed by atoms with E-state index in [0.717, 1.165) is 35.7 Å². The molecule has 7 heteroatoms. The maximum atomic E-state index is 13.1. The van der Waals surface area contributed by atoms with Crippen LogP contribution in [0.1, 0.15) is 50.5 Å². The molecule has 2 N–H and O–H groups in total. The molecule has 1 fully saturated rings. The van der Waals surface area contributed by atoms with E-state index in [1.165, 1.54) is 31.4 Å². The molecule has 0 radical (unpaired) electrons. The van der Waals surface area contributed by atoms with Crippen LogP contribution in [0.2, 0.25) is 0 Å². The Hall–Kier alpha value is -1.70. The molecule has 1 saturated carbocycles. The van der Waals surface area contributed by atoms with E-state index in [9.17, 15) is 13.2 Å². The zero-order valence-electron chi connectivity index (χ0n) is 17.0. The Morgan fingerprint density at radius 2 is 1.53 bits per heavy atom. The summed E-state index contributed by atoms with van der Waals surface area (Å²) >= 11 is 3.32. The molecule has 1 aliphatic rings. The van der Waals surface area contributed by atoms with Gasteiger partial charge in [-0.05, 0) is 49.1 Å². The highest BCUT2D eigenvalue weighted by Gasteiger charge is 2.27. The van der Waals surface area contributed by atoms with Crippen molar-refractivity contribution in [2.45, 2.75) is 68.3 Å². The predicted octanol–water partition coefficient (Wildman–Crippen LogP) is 4.57. The SMILES string of the molecule is O=C(NC1CCCCCCC1)[C@H](Cc1ccccc1)NS(=O)(=O)c1ccc(Br)cc1. The average Bonchev–Trinajstić information content (AvgIpc) is 2.70. The van der Waals surface area contributed by atoms with E-state index in [1.807, 2.05) is 30.3 Å². The van der Waals surface area contributed by atoms with Crippen molar-refractivity contribution >= 4 is 31.9 Å². The molecular formula is C23H29BrN2O3S. The van der Waals surface area contributed by atoms with Gasteiger partial charge in [0.15, 0.2) is 0 Å². The quantitative estimate of drug-likeness (QED) is 0.594. The molecule has 0 unspecified atom stereocenters. The molecule has 5 nitrogen and oxygen atoms in total. The minimum Gasteiger partial charge on any atom is -0.352 e. The van der Waals surface area contributed by atoms with Gasteiger partial charge in [-0.3, -0.25) is 4.79 Å². The van der Waals surface area contributed by atoms with Crippen molar-refractivity contribution in [3.8, 4) is 0 Å². The first-order valence-electron chi connectivity index (χ1n) is 10.6. The largest absolute Gasteiger partial charge is 0.352 e. The van der Waals surface area contributed by atoms with E-state index in [1.54, 1.807) is 12.1 Å². The Labute approximate surface area is 187 Å². The second kappa shape index (κ2) is 11.1. The van der Waals surface area contributed by atoms with Gasteiger partial charge in [0.2, 0.25) is 15.9 Å². The third-order valence-corrected chi connectivity index (χ3v) is 7.49. The Morgan fingerprint density at radius 1 is 0.933 bits per heavy atom.